The van der Waals surface area contributed by atoms with Crippen molar-refractivity contribution in [1.82, 2.24) is 4.98 Å². The maximum atomic E-state index is 13.1. The van der Waals surface area contributed by atoms with Gasteiger partial charge in [0.2, 0.25) is 0 Å². The summed E-state index contributed by atoms with van der Waals surface area (Å²) in [5, 5.41) is 0.835. The summed E-state index contributed by atoms with van der Waals surface area (Å²) in [5.41, 5.74) is 4.45. The molecule has 0 spiro atoms. The van der Waals surface area contributed by atoms with Crippen LogP contribution in [-0.2, 0) is 22.4 Å². The molecule has 0 atom stereocenters. The fraction of sp³-hybridized carbons (Fsp3) is 0.190. The highest BCUT2D eigenvalue weighted by Crippen LogP contribution is 2.27. The third-order valence-electron chi connectivity index (χ3n) is 4.40. The summed E-state index contributed by atoms with van der Waals surface area (Å²) in [6, 6.07) is 9.98. The van der Waals surface area contributed by atoms with Crippen molar-refractivity contribution in [3.05, 3.63) is 76.2 Å². The number of fused-ring (bicyclic) bond motifs is 1. The number of benzene rings is 2. The minimum Gasteiger partial charge on any atom is -0.465 e. The number of pyridine rings is 1. The molecule has 0 aliphatic heterocycles. The first-order chi connectivity index (χ1) is 12.5. The summed E-state index contributed by atoms with van der Waals surface area (Å²) in [6.45, 7) is 1.81. The number of carbonyl (C=O) groups excluding carboxylic acids is 2. The largest absolute Gasteiger partial charge is 0.465 e. The van der Waals surface area contributed by atoms with Gasteiger partial charge < -0.3 is 9.53 Å². The second-order valence-electron chi connectivity index (χ2n) is 6.11. The smallest absolute Gasteiger partial charge is 0.338 e. The van der Waals surface area contributed by atoms with Crippen molar-refractivity contribution in [1.29, 1.82) is 0 Å². The lowest BCUT2D eigenvalue weighted by Gasteiger charge is -2.12. The maximum absolute atomic E-state index is 13.1. The molecule has 0 aliphatic carbocycles. The van der Waals surface area contributed by atoms with Gasteiger partial charge in [0.25, 0.3) is 0 Å². The molecule has 1 heterocycles. The summed E-state index contributed by atoms with van der Waals surface area (Å²) in [6.07, 6.45) is 3.33. The Morgan fingerprint density at radius 1 is 1.19 bits per heavy atom. The van der Waals surface area contributed by atoms with Crippen LogP contribution in [0.1, 0.15) is 32.6 Å². The number of aromatic nitrogens is 1. The summed E-state index contributed by atoms with van der Waals surface area (Å²) < 4.78 is 17.9. The van der Waals surface area contributed by atoms with Crippen molar-refractivity contribution >= 4 is 23.2 Å². The molecule has 0 unspecified atom stereocenters. The van der Waals surface area contributed by atoms with Crippen LogP contribution in [0.4, 0.5) is 4.39 Å². The second-order valence-corrected chi connectivity index (χ2v) is 6.11. The Morgan fingerprint density at radius 3 is 2.58 bits per heavy atom. The van der Waals surface area contributed by atoms with Crippen LogP contribution in [0.5, 0.6) is 0 Å². The van der Waals surface area contributed by atoms with Gasteiger partial charge >= 0.3 is 5.97 Å². The molecule has 5 heteroatoms. The van der Waals surface area contributed by atoms with E-state index < -0.39 is 5.97 Å². The predicted octanol–water partition coefficient (Wildman–Crippen LogP) is 3.80. The van der Waals surface area contributed by atoms with Gasteiger partial charge in [0.1, 0.15) is 12.1 Å². The van der Waals surface area contributed by atoms with E-state index in [9.17, 15) is 14.0 Å². The molecule has 0 saturated heterocycles. The molecule has 0 radical (unpaired) electrons. The Hall–Kier alpha value is -3.08. The highest BCUT2D eigenvalue weighted by molar-refractivity contribution is 5.99. The van der Waals surface area contributed by atoms with Crippen LogP contribution in [0.15, 0.2) is 42.6 Å². The van der Waals surface area contributed by atoms with Gasteiger partial charge in [-0.3, -0.25) is 4.98 Å². The quantitative estimate of drug-likeness (QED) is 0.518. The van der Waals surface area contributed by atoms with E-state index in [0.29, 0.717) is 17.5 Å². The molecular weight excluding hydrogens is 333 g/mol. The normalized spacial score (nSPS) is 10.7. The molecule has 26 heavy (non-hydrogen) atoms. The molecule has 4 nitrogen and oxygen atoms in total. The van der Waals surface area contributed by atoms with Crippen LogP contribution in [0.25, 0.3) is 10.9 Å². The first-order valence-corrected chi connectivity index (χ1v) is 8.21. The second kappa shape index (κ2) is 7.44. The summed E-state index contributed by atoms with van der Waals surface area (Å²) in [5.74, 6) is -0.724. The minimum atomic E-state index is -0.450. The maximum Gasteiger partial charge on any atom is 0.338 e. The Labute approximate surface area is 150 Å². The van der Waals surface area contributed by atoms with Crippen molar-refractivity contribution in [2.24, 2.45) is 0 Å². The number of esters is 1. The number of rotatable bonds is 5. The van der Waals surface area contributed by atoms with Gasteiger partial charge in [0, 0.05) is 18.0 Å². The number of aryl methyl sites for hydroxylation is 1. The van der Waals surface area contributed by atoms with Crippen molar-refractivity contribution in [2.45, 2.75) is 19.8 Å². The predicted molar refractivity (Wildman–Crippen MR) is 96.8 cm³/mol. The average molecular weight is 351 g/mol. The van der Waals surface area contributed by atoms with Gasteiger partial charge in [-0.2, -0.15) is 0 Å². The van der Waals surface area contributed by atoms with Crippen LogP contribution < -0.4 is 0 Å². The lowest BCUT2D eigenvalue weighted by atomic mass is 9.95. The van der Waals surface area contributed by atoms with Crippen LogP contribution in [-0.4, -0.2) is 24.3 Å². The number of hydrogen-bond acceptors (Lipinski definition) is 4. The molecular formula is C21H18FNO3. The van der Waals surface area contributed by atoms with Gasteiger partial charge in [-0.1, -0.05) is 12.1 Å². The Balaban J connectivity index is 2.10. The van der Waals surface area contributed by atoms with E-state index in [1.807, 2.05) is 13.0 Å². The number of ether oxygens (including phenoxy) is 1. The zero-order chi connectivity index (χ0) is 18.7. The molecule has 0 amide bonds. The molecule has 0 saturated carbocycles. The molecule has 0 bridgehead atoms. The number of methoxy groups -OCH3 is 1. The van der Waals surface area contributed by atoms with Crippen LogP contribution in [0.3, 0.4) is 0 Å². The first kappa shape index (κ1) is 17.7. The fourth-order valence-corrected chi connectivity index (χ4v) is 3.05. The molecule has 3 rings (SSSR count). The number of aldehydes is 1. The van der Waals surface area contributed by atoms with Crippen molar-refractivity contribution in [3.63, 3.8) is 0 Å². The van der Waals surface area contributed by atoms with E-state index in [4.69, 9.17) is 4.74 Å². The SMILES string of the molecule is COC(=O)c1cc(CC=O)c2cc(Cc3ccc(F)cc3)cnc2c1C. The fourth-order valence-electron chi connectivity index (χ4n) is 3.05. The monoisotopic (exact) mass is 351 g/mol. The summed E-state index contributed by atoms with van der Waals surface area (Å²) >= 11 is 0. The van der Waals surface area contributed by atoms with Gasteiger partial charge in [-0.05, 0) is 59.9 Å². The van der Waals surface area contributed by atoms with Gasteiger partial charge in [0.15, 0.2) is 0 Å². The van der Waals surface area contributed by atoms with Crippen molar-refractivity contribution < 1.29 is 18.7 Å². The van der Waals surface area contributed by atoms with E-state index in [2.05, 4.69) is 4.98 Å². The Bertz CT molecular complexity index is 981. The average Bonchev–Trinajstić information content (AvgIpc) is 2.65. The third-order valence-corrected chi connectivity index (χ3v) is 4.40. The third kappa shape index (κ3) is 3.47. The van der Waals surface area contributed by atoms with E-state index in [0.717, 1.165) is 33.9 Å². The standard InChI is InChI=1S/C21H18FNO3/c1-13-18(21(25)26-2)11-16(7-8-24)19-10-15(12-23-20(13)19)9-14-3-5-17(22)6-4-14/h3-6,8,10-12H,7,9H2,1-2H3. The molecule has 3 aromatic rings. The van der Waals surface area contributed by atoms with Crippen LogP contribution in [0, 0.1) is 12.7 Å². The number of hydrogen-bond donors (Lipinski definition) is 0. The summed E-state index contributed by atoms with van der Waals surface area (Å²) in [7, 11) is 1.32. The molecule has 0 fully saturated rings. The zero-order valence-electron chi connectivity index (χ0n) is 14.6. The van der Waals surface area contributed by atoms with E-state index in [1.54, 1.807) is 24.4 Å². The highest BCUT2D eigenvalue weighted by Gasteiger charge is 2.16. The topological polar surface area (TPSA) is 56.3 Å². The zero-order valence-corrected chi connectivity index (χ0v) is 14.6. The van der Waals surface area contributed by atoms with Gasteiger partial charge in [0.05, 0.1) is 18.2 Å². The highest BCUT2D eigenvalue weighted by atomic mass is 19.1. The lowest BCUT2D eigenvalue weighted by molar-refractivity contribution is -0.107. The Kier molecular flexibility index (Phi) is 5.07. The molecule has 132 valence electrons. The molecule has 1 aromatic heterocycles. The van der Waals surface area contributed by atoms with E-state index in [-0.39, 0.29) is 12.2 Å². The minimum absolute atomic E-state index is 0.183. The van der Waals surface area contributed by atoms with E-state index in [1.165, 1.54) is 19.2 Å². The van der Waals surface area contributed by atoms with E-state index >= 15 is 0 Å². The van der Waals surface area contributed by atoms with Crippen LogP contribution >= 0.6 is 0 Å². The Morgan fingerprint density at radius 2 is 1.92 bits per heavy atom. The summed E-state index contributed by atoms with van der Waals surface area (Å²) in [4.78, 5) is 27.6. The lowest BCUT2D eigenvalue weighted by Crippen LogP contribution is -2.07. The van der Waals surface area contributed by atoms with Gasteiger partial charge in [-0.25, -0.2) is 9.18 Å². The first-order valence-electron chi connectivity index (χ1n) is 8.21. The van der Waals surface area contributed by atoms with Crippen LogP contribution in [0.2, 0.25) is 0 Å². The van der Waals surface area contributed by atoms with Gasteiger partial charge in [-0.15, -0.1) is 0 Å². The number of halogens is 1. The molecule has 2 aromatic carbocycles. The van der Waals surface area contributed by atoms with Crippen molar-refractivity contribution in [3.8, 4) is 0 Å². The molecule has 0 N–H and O–H groups in total. The number of nitrogens with zero attached hydrogens (tertiary/aromatic N) is 1. The van der Waals surface area contributed by atoms with Crippen molar-refractivity contribution in [2.75, 3.05) is 7.11 Å². The molecule has 0 aliphatic rings. The number of carbonyl (C=O) groups is 2.